The van der Waals surface area contributed by atoms with Gasteiger partial charge in [0.1, 0.15) is 5.75 Å². The molecule has 0 aromatic heterocycles. The van der Waals surface area contributed by atoms with Crippen molar-refractivity contribution in [1.29, 1.82) is 0 Å². The first-order chi connectivity index (χ1) is 9.06. The summed E-state index contributed by atoms with van der Waals surface area (Å²) in [5.74, 6) is 0.719. The molecule has 0 aliphatic heterocycles. The van der Waals surface area contributed by atoms with Crippen LogP contribution >= 0.6 is 11.6 Å². The highest BCUT2D eigenvalue weighted by Gasteiger charge is 2.09. The van der Waals surface area contributed by atoms with Crippen LogP contribution in [-0.2, 0) is 0 Å². The summed E-state index contributed by atoms with van der Waals surface area (Å²) in [7, 11) is 0. The van der Waals surface area contributed by atoms with E-state index in [2.05, 4.69) is 0 Å². The van der Waals surface area contributed by atoms with Gasteiger partial charge in [-0.25, -0.2) is 0 Å². The maximum Gasteiger partial charge on any atom is 0.193 e. The van der Waals surface area contributed by atoms with Gasteiger partial charge in [0.05, 0.1) is 6.10 Å². The van der Waals surface area contributed by atoms with E-state index >= 15 is 0 Å². The maximum absolute atomic E-state index is 12.2. The molecule has 2 aromatic carbocycles. The van der Waals surface area contributed by atoms with E-state index in [4.69, 9.17) is 16.3 Å². The van der Waals surface area contributed by atoms with Gasteiger partial charge < -0.3 is 4.74 Å². The number of ketones is 1. The second kappa shape index (κ2) is 5.89. The predicted octanol–water partition coefficient (Wildman–Crippen LogP) is 4.36. The number of benzene rings is 2. The van der Waals surface area contributed by atoms with Gasteiger partial charge in [0, 0.05) is 16.1 Å². The quantitative estimate of drug-likeness (QED) is 0.775. The molecule has 0 spiro atoms. The van der Waals surface area contributed by atoms with Crippen molar-refractivity contribution in [3.63, 3.8) is 0 Å². The first kappa shape index (κ1) is 13.6. The molecular weight excluding hydrogens is 260 g/mol. The van der Waals surface area contributed by atoms with Crippen LogP contribution in [0.15, 0.2) is 48.5 Å². The third-order valence-corrected chi connectivity index (χ3v) is 2.81. The van der Waals surface area contributed by atoms with Gasteiger partial charge in [-0.15, -0.1) is 0 Å². The van der Waals surface area contributed by atoms with E-state index in [-0.39, 0.29) is 11.9 Å². The number of halogens is 1. The van der Waals surface area contributed by atoms with Crippen molar-refractivity contribution in [3.8, 4) is 5.75 Å². The van der Waals surface area contributed by atoms with Crippen molar-refractivity contribution in [3.05, 3.63) is 64.7 Å². The summed E-state index contributed by atoms with van der Waals surface area (Å²) in [6, 6.07) is 14.1. The molecule has 0 aliphatic rings. The fourth-order valence-corrected chi connectivity index (χ4v) is 1.94. The van der Waals surface area contributed by atoms with E-state index in [1.165, 1.54) is 0 Å². The maximum atomic E-state index is 12.2. The summed E-state index contributed by atoms with van der Waals surface area (Å²) in [5.41, 5.74) is 1.21. The monoisotopic (exact) mass is 274 g/mol. The first-order valence-electron chi connectivity index (χ1n) is 6.13. The third kappa shape index (κ3) is 3.58. The molecule has 0 radical (unpaired) electrons. The molecule has 0 unspecified atom stereocenters. The SMILES string of the molecule is CC(C)Oc1ccc(C(=O)c2cccc(Cl)c2)cc1. The van der Waals surface area contributed by atoms with E-state index in [0.29, 0.717) is 16.1 Å². The van der Waals surface area contributed by atoms with E-state index in [1.807, 2.05) is 13.8 Å². The lowest BCUT2D eigenvalue weighted by Gasteiger charge is -2.09. The van der Waals surface area contributed by atoms with Gasteiger partial charge in [0.25, 0.3) is 0 Å². The molecule has 2 rings (SSSR count). The van der Waals surface area contributed by atoms with Gasteiger partial charge in [-0.1, -0.05) is 23.7 Å². The van der Waals surface area contributed by atoms with E-state index in [0.717, 1.165) is 5.75 Å². The van der Waals surface area contributed by atoms with Crippen molar-refractivity contribution in [2.24, 2.45) is 0 Å². The van der Waals surface area contributed by atoms with Crippen molar-refractivity contribution in [1.82, 2.24) is 0 Å². The van der Waals surface area contributed by atoms with Gasteiger partial charge in [0.2, 0.25) is 0 Å². The van der Waals surface area contributed by atoms with Crippen LogP contribution < -0.4 is 4.74 Å². The summed E-state index contributed by atoms with van der Waals surface area (Å²) < 4.78 is 5.54. The van der Waals surface area contributed by atoms with Crippen LogP contribution in [0, 0.1) is 0 Å². The minimum atomic E-state index is -0.0430. The van der Waals surface area contributed by atoms with Crippen molar-refractivity contribution in [2.75, 3.05) is 0 Å². The molecule has 98 valence electrons. The number of hydrogen-bond donors (Lipinski definition) is 0. The molecule has 0 fully saturated rings. The van der Waals surface area contributed by atoms with Crippen LogP contribution in [0.2, 0.25) is 5.02 Å². The third-order valence-electron chi connectivity index (χ3n) is 2.58. The molecule has 0 atom stereocenters. The Labute approximate surface area is 118 Å². The Hall–Kier alpha value is -1.80. The molecule has 0 amide bonds. The zero-order chi connectivity index (χ0) is 13.8. The zero-order valence-electron chi connectivity index (χ0n) is 10.9. The second-order valence-electron chi connectivity index (χ2n) is 4.53. The lowest BCUT2D eigenvalue weighted by Crippen LogP contribution is -2.06. The van der Waals surface area contributed by atoms with Gasteiger partial charge in [0.15, 0.2) is 5.78 Å². The molecule has 3 heteroatoms. The second-order valence-corrected chi connectivity index (χ2v) is 4.97. The Bertz CT molecular complexity index is 574. The van der Waals surface area contributed by atoms with E-state index in [9.17, 15) is 4.79 Å². The Morgan fingerprint density at radius 2 is 1.74 bits per heavy atom. The Morgan fingerprint density at radius 3 is 2.32 bits per heavy atom. The van der Waals surface area contributed by atoms with Gasteiger partial charge in [-0.2, -0.15) is 0 Å². The fourth-order valence-electron chi connectivity index (χ4n) is 1.75. The summed E-state index contributed by atoms with van der Waals surface area (Å²) >= 11 is 5.89. The number of carbonyl (C=O) groups excluding carboxylic acids is 1. The molecule has 19 heavy (non-hydrogen) atoms. The lowest BCUT2D eigenvalue weighted by atomic mass is 10.0. The van der Waals surface area contributed by atoms with Crippen LogP contribution in [0.1, 0.15) is 29.8 Å². The molecule has 0 heterocycles. The predicted molar refractivity (Wildman–Crippen MR) is 77.1 cm³/mol. The minimum Gasteiger partial charge on any atom is -0.491 e. The van der Waals surface area contributed by atoms with Gasteiger partial charge in [-0.3, -0.25) is 4.79 Å². The Kier molecular flexibility index (Phi) is 4.23. The van der Waals surface area contributed by atoms with E-state index in [1.54, 1.807) is 48.5 Å². The number of ether oxygens (including phenoxy) is 1. The van der Waals surface area contributed by atoms with Crippen LogP contribution in [0.3, 0.4) is 0 Å². The van der Waals surface area contributed by atoms with Crippen molar-refractivity contribution in [2.45, 2.75) is 20.0 Å². The molecule has 0 saturated heterocycles. The zero-order valence-corrected chi connectivity index (χ0v) is 11.6. The summed E-state index contributed by atoms with van der Waals surface area (Å²) in [6.45, 7) is 3.93. The van der Waals surface area contributed by atoms with Crippen LogP contribution in [-0.4, -0.2) is 11.9 Å². The molecule has 0 N–H and O–H groups in total. The summed E-state index contributed by atoms with van der Waals surface area (Å²) in [6.07, 6.45) is 0.120. The Morgan fingerprint density at radius 1 is 1.05 bits per heavy atom. The van der Waals surface area contributed by atoms with Gasteiger partial charge >= 0.3 is 0 Å². The van der Waals surface area contributed by atoms with Crippen molar-refractivity contribution >= 4 is 17.4 Å². The lowest BCUT2D eigenvalue weighted by molar-refractivity contribution is 0.103. The highest BCUT2D eigenvalue weighted by molar-refractivity contribution is 6.31. The number of rotatable bonds is 4. The standard InChI is InChI=1S/C16H15ClO2/c1-11(2)19-15-8-6-12(7-9-15)16(18)13-4-3-5-14(17)10-13/h3-11H,1-2H3. The highest BCUT2D eigenvalue weighted by atomic mass is 35.5. The minimum absolute atomic E-state index is 0.0430. The average molecular weight is 275 g/mol. The van der Waals surface area contributed by atoms with E-state index < -0.39 is 0 Å². The first-order valence-corrected chi connectivity index (χ1v) is 6.51. The molecule has 0 bridgehead atoms. The normalized spacial score (nSPS) is 10.5. The molecule has 0 saturated carbocycles. The highest BCUT2D eigenvalue weighted by Crippen LogP contribution is 2.18. The topological polar surface area (TPSA) is 26.3 Å². The molecule has 2 aromatic rings. The summed E-state index contributed by atoms with van der Waals surface area (Å²) in [5, 5.41) is 0.561. The van der Waals surface area contributed by atoms with Crippen LogP contribution in [0.4, 0.5) is 0 Å². The summed E-state index contributed by atoms with van der Waals surface area (Å²) in [4.78, 5) is 12.2. The van der Waals surface area contributed by atoms with Gasteiger partial charge in [-0.05, 0) is 50.2 Å². The molecular formula is C16H15ClO2. The van der Waals surface area contributed by atoms with Crippen LogP contribution in [0.25, 0.3) is 0 Å². The smallest absolute Gasteiger partial charge is 0.193 e. The average Bonchev–Trinajstić information content (AvgIpc) is 2.38. The van der Waals surface area contributed by atoms with Crippen LogP contribution in [0.5, 0.6) is 5.75 Å². The van der Waals surface area contributed by atoms with Crippen molar-refractivity contribution < 1.29 is 9.53 Å². The largest absolute Gasteiger partial charge is 0.491 e. The molecule has 2 nitrogen and oxygen atoms in total. The molecule has 0 aliphatic carbocycles. The number of hydrogen-bond acceptors (Lipinski definition) is 2. The Balaban J connectivity index is 2.20. The fraction of sp³-hybridized carbons (Fsp3) is 0.188. The number of carbonyl (C=O) groups is 1.